The first kappa shape index (κ1) is 14.9. The van der Waals surface area contributed by atoms with E-state index in [1.165, 1.54) is 4.90 Å². The summed E-state index contributed by atoms with van der Waals surface area (Å²) in [6, 6.07) is 8.31. The maximum Gasteiger partial charge on any atom is 0.247 e. The number of anilines is 1. The summed E-state index contributed by atoms with van der Waals surface area (Å²) in [5.74, 6) is 0.374. The molecule has 128 valence electrons. The molecule has 25 heavy (non-hydrogen) atoms. The number of benzene rings is 1. The number of carbonyl (C=O) groups is 3. The number of hydrogen-bond acceptors (Lipinski definition) is 3. The quantitative estimate of drug-likeness (QED) is 0.679. The van der Waals surface area contributed by atoms with Gasteiger partial charge in [-0.2, -0.15) is 0 Å². The van der Waals surface area contributed by atoms with Crippen LogP contribution < -0.4 is 5.32 Å². The van der Waals surface area contributed by atoms with Gasteiger partial charge in [0.15, 0.2) is 0 Å². The second-order valence-electron chi connectivity index (χ2n) is 7.73. The number of nitrogens with zero attached hydrogens (tertiary/aromatic N) is 1. The van der Waals surface area contributed by atoms with Gasteiger partial charge >= 0.3 is 0 Å². The Morgan fingerprint density at radius 2 is 1.60 bits per heavy atom. The molecule has 6 rings (SSSR count). The van der Waals surface area contributed by atoms with E-state index in [-0.39, 0.29) is 41.4 Å². The molecular weight excluding hydrogens is 316 g/mol. The van der Waals surface area contributed by atoms with Crippen LogP contribution in [0.5, 0.6) is 0 Å². The van der Waals surface area contributed by atoms with Gasteiger partial charge in [0.25, 0.3) is 0 Å². The van der Waals surface area contributed by atoms with E-state index in [1.807, 2.05) is 18.2 Å². The number of imide groups is 1. The monoisotopic (exact) mass is 336 g/mol. The Hall–Kier alpha value is -2.43. The van der Waals surface area contributed by atoms with Crippen LogP contribution in [-0.2, 0) is 14.4 Å². The van der Waals surface area contributed by atoms with Gasteiger partial charge in [0.1, 0.15) is 6.04 Å². The van der Waals surface area contributed by atoms with Crippen LogP contribution in [0.25, 0.3) is 0 Å². The fraction of sp³-hybridized carbons (Fsp3) is 0.450. The maximum absolute atomic E-state index is 13.0. The van der Waals surface area contributed by atoms with Gasteiger partial charge in [0.05, 0.1) is 11.8 Å². The standard InChI is InChI=1S/C20H20N2O3/c1-10(18(23)21-11-5-3-2-4-6-11)22-19(24)16-12-7-8-13(15-9-14(12)15)17(16)20(22)25/h2-8,10,12-17H,9H2,1H3,(H,21,23). The van der Waals surface area contributed by atoms with E-state index in [1.54, 1.807) is 19.1 Å². The molecule has 1 aromatic rings. The zero-order chi connectivity index (χ0) is 17.3. The van der Waals surface area contributed by atoms with Gasteiger partial charge in [-0.15, -0.1) is 0 Å². The molecule has 7 atom stereocenters. The Morgan fingerprint density at radius 3 is 2.16 bits per heavy atom. The van der Waals surface area contributed by atoms with Crippen molar-refractivity contribution in [3.8, 4) is 0 Å². The minimum absolute atomic E-state index is 0.157. The summed E-state index contributed by atoms with van der Waals surface area (Å²) in [5, 5.41) is 2.80. The minimum atomic E-state index is -0.790. The molecule has 3 amide bonds. The van der Waals surface area contributed by atoms with E-state index in [9.17, 15) is 14.4 Å². The van der Waals surface area contributed by atoms with Crippen molar-refractivity contribution < 1.29 is 14.4 Å². The molecule has 2 saturated carbocycles. The molecule has 0 spiro atoms. The molecule has 0 aromatic heterocycles. The lowest BCUT2D eigenvalue weighted by Crippen LogP contribution is -2.46. The molecular formula is C20H20N2O3. The number of carbonyl (C=O) groups excluding carboxylic acids is 3. The first-order valence-corrected chi connectivity index (χ1v) is 8.99. The first-order valence-electron chi connectivity index (χ1n) is 8.99. The average Bonchev–Trinajstić information content (AvgIpc) is 3.40. The number of rotatable bonds is 3. The van der Waals surface area contributed by atoms with Crippen molar-refractivity contribution >= 4 is 23.4 Å². The second-order valence-corrected chi connectivity index (χ2v) is 7.73. The van der Waals surface area contributed by atoms with Crippen molar-refractivity contribution in [2.45, 2.75) is 19.4 Å². The normalized spacial score (nSPS) is 38.4. The molecule has 2 bridgehead atoms. The van der Waals surface area contributed by atoms with Crippen molar-refractivity contribution in [2.75, 3.05) is 5.32 Å². The summed E-state index contributed by atoms with van der Waals surface area (Å²) in [6.07, 6.45) is 5.42. The van der Waals surface area contributed by atoms with E-state index in [2.05, 4.69) is 17.5 Å². The zero-order valence-corrected chi connectivity index (χ0v) is 14.0. The Bertz CT molecular complexity index is 766. The summed E-state index contributed by atoms with van der Waals surface area (Å²) >= 11 is 0. The van der Waals surface area contributed by atoms with Crippen LogP contribution in [0.2, 0.25) is 0 Å². The SMILES string of the molecule is CC(C(=O)Nc1ccccc1)N1C(=O)C2C3C=CC(C4CC34)C2C1=O. The van der Waals surface area contributed by atoms with Gasteiger partial charge in [0.2, 0.25) is 17.7 Å². The van der Waals surface area contributed by atoms with Crippen LogP contribution in [0, 0.1) is 35.5 Å². The van der Waals surface area contributed by atoms with Crippen LogP contribution in [0.3, 0.4) is 0 Å². The van der Waals surface area contributed by atoms with Gasteiger partial charge in [0, 0.05) is 5.69 Å². The number of allylic oxidation sites excluding steroid dienone is 2. The lowest BCUT2D eigenvalue weighted by molar-refractivity contribution is -0.146. The second kappa shape index (κ2) is 5.04. The minimum Gasteiger partial charge on any atom is -0.324 e. The summed E-state index contributed by atoms with van der Waals surface area (Å²) < 4.78 is 0. The third-order valence-electron chi connectivity index (χ3n) is 6.50. The maximum atomic E-state index is 13.0. The van der Waals surface area contributed by atoms with Crippen LogP contribution >= 0.6 is 0 Å². The number of nitrogens with one attached hydrogen (secondary N) is 1. The van der Waals surface area contributed by atoms with Gasteiger partial charge in [-0.05, 0) is 49.1 Å². The van der Waals surface area contributed by atoms with E-state index < -0.39 is 6.04 Å². The third kappa shape index (κ3) is 1.98. The highest BCUT2D eigenvalue weighted by Crippen LogP contribution is 2.65. The lowest BCUT2D eigenvalue weighted by Gasteiger charge is -2.37. The Balaban J connectivity index is 1.39. The first-order chi connectivity index (χ1) is 12.1. The van der Waals surface area contributed by atoms with E-state index >= 15 is 0 Å². The average molecular weight is 336 g/mol. The van der Waals surface area contributed by atoms with Gasteiger partial charge in [-0.1, -0.05) is 30.4 Å². The van der Waals surface area contributed by atoms with Crippen molar-refractivity contribution in [1.82, 2.24) is 4.90 Å². The zero-order valence-electron chi connectivity index (χ0n) is 14.0. The molecule has 7 unspecified atom stereocenters. The summed E-state index contributed by atoms with van der Waals surface area (Å²) in [6.45, 7) is 1.64. The smallest absolute Gasteiger partial charge is 0.247 e. The van der Waals surface area contributed by atoms with E-state index in [0.717, 1.165) is 6.42 Å². The highest BCUT2D eigenvalue weighted by Gasteiger charge is 2.67. The largest absolute Gasteiger partial charge is 0.324 e. The van der Waals surface area contributed by atoms with Crippen LogP contribution in [-0.4, -0.2) is 28.7 Å². The molecule has 5 heteroatoms. The molecule has 0 radical (unpaired) electrons. The van der Waals surface area contributed by atoms with Crippen molar-refractivity contribution in [3.63, 3.8) is 0 Å². The van der Waals surface area contributed by atoms with Gasteiger partial charge in [-0.3, -0.25) is 19.3 Å². The van der Waals surface area contributed by atoms with Gasteiger partial charge < -0.3 is 5.32 Å². The molecule has 1 heterocycles. The van der Waals surface area contributed by atoms with Crippen molar-refractivity contribution in [1.29, 1.82) is 0 Å². The molecule has 4 aliphatic carbocycles. The fourth-order valence-electron chi connectivity index (χ4n) is 5.25. The van der Waals surface area contributed by atoms with Crippen molar-refractivity contribution in [3.05, 3.63) is 42.5 Å². The molecule has 1 N–H and O–H groups in total. The number of likely N-dealkylation sites (tertiary alicyclic amines) is 1. The Labute approximate surface area is 146 Å². The van der Waals surface area contributed by atoms with E-state index in [4.69, 9.17) is 0 Å². The molecule has 3 fully saturated rings. The molecule has 5 aliphatic rings. The van der Waals surface area contributed by atoms with Crippen LogP contribution in [0.1, 0.15) is 13.3 Å². The predicted octanol–water partition coefficient (Wildman–Crippen LogP) is 2.07. The topological polar surface area (TPSA) is 66.5 Å². The molecule has 5 nitrogen and oxygen atoms in total. The number of para-hydroxylation sites is 1. The third-order valence-corrected chi connectivity index (χ3v) is 6.50. The molecule has 1 aliphatic heterocycles. The van der Waals surface area contributed by atoms with Crippen LogP contribution in [0.4, 0.5) is 5.69 Å². The highest BCUT2D eigenvalue weighted by atomic mass is 16.2. The molecule has 1 saturated heterocycles. The number of amides is 3. The fourth-order valence-corrected chi connectivity index (χ4v) is 5.25. The Kier molecular flexibility index (Phi) is 3.00. The summed E-state index contributed by atoms with van der Waals surface area (Å²) in [7, 11) is 0. The summed E-state index contributed by atoms with van der Waals surface area (Å²) in [4.78, 5) is 39.8. The lowest BCUT2D eigenvalue weighted by atomic mass is 9.63. The Morgan fingerprint density at radius 1 is 1.04 bits per heavy atom. The van der Waals surface area contributed by atoms with Crippen LogP contribution in [0.15, 0.2) is 42.5 Å². The molecule has 1 aromatic carbocycles. The highest BCUT2D eigenvalue weighted by molar-refractivity contribution is 6.10. The van der Waals surface area contributed by atoms with E-state index in [0.29, 0.717) is 17.5 Å². The summed E-state index contributed by atoms with van der Waals surface area (Å²) in [5.41, 5.74) is 0.666. The van der Waals surface area contributed by atoms with Crippen molar-refractivity contribution in [2.24, 2.45) is 35.5 Å². The van der Waals surface area contributed by atoms with Gasteiger partial charge in [-0.25, -0.2) is 0 Å². The predicted molar refractivity (Wildman–Crippen MR) is 91.1 cm³/mol. The number of hydrogen-bond donors (Lipinski definition) is 1.